The molecule has 1 aliphatic rings. The Morgan fingerprint density at radius 2 is 2.33 bits per heavy atom. The first-order chi connectivity index (χ1) is 5.65. The zero-order chi connectivity index (χ0) is 9.14. The molecule has 4 heteroatoms. The molecule has 0 spiro atoms. The van der Waals surface area contributed by atoms with Gasteiger partial charge in [-0.1, -0.05) is 17.5 Å². The summed E-state index contributed by atoms with van der Waals surface area (Å²) in [6.07, 6.45) is 7.54. The van der Waals surface area contributed by atoms with E-state index in [1.54, 1.807) is 0 Å². The molecule has 0 aromatic carbocycles. The predicted octanol–water partition coefficient (Wildman–Crippen LogP) is 2.07. The predicted molar refractivity (Wildman–Crippen MR) is 46.0 cm³/mol. The van der Waals surface area contributed by atoms with Crippen LogP contribution in [0.15, 0.2) is 22.4 Å². The maximum Gasteiger partial charge on any atom is 0.284 e. The van der Waals surface area contributed by atoms with Gasteiger partial charge < -0.3 is 0 Å². The molecule has 0 fully saturated rings. The molecule has 0 aromatic rings. The second kappa shape index (κ2) is 3.42. The van der Waals surface area contributed by atoms with E-state index in [4.69, 9.17) is 18.0 Å². The lowest BCUT2D eigenvalue weighted by molar-refractivity contribution is -0.420. The minimum absolute atomic E-state index is 0.0733. The second-order valence-electron chi connectivity index (χ2n) is 2.36. The monoisotopic (exact) mass is 183 g/mol. The molecular weight excluding hydrogens is 178 g/mol. The molecule has 1 rings (SSSR count). The van der Waals surface area contributed by atoms with E-state index >= 15 is 0 Å². The third-order valence-electron chi connectivity index (χ3n) is 1.58. The molecule has 0 aromatic heterocycles. The average Bonchev–Trinajstić information content (AvgIpc) is 2.05. The Bertz CT molecular complexity index is 322. The molecule has 0 atom stereocenters. The van der Waals surface area contributed by atoms with E-state index in [2.05, 4.69) is 5.92 Å². The summed E-state index contributed by atoms with van der Waals surface area (Å²) in [5.41, 5.74) is 0.557. The summed E-state index contributed by atoms with van der Waals surface area (Å²) < 4.78 is 0. The number of allylic oxidation sites excluding steroid dienone is 3. The van der Waals surface area contributed by atoms with E-state index < -0.39 is 4.92 Å². The van der Waals surface area contributed by atoms with Gasteiger partial charge in [-0.3, -0.25) is 10.1 Å². The van der Waals surface area contributed by atoms with Crippen LogP contribution in [0.4, 0.5) is 0 Å². The van der Waals surface area contributed by atoms with Crippen LogP contribution in [-0.4, -0.2) is 4.92 Å². The Balaban J connectivity index is 3.04. The van der Waals surface area contributed by atoms with Crippen molar-refractivity contribution < 1.29 is 4.92 Å². The highest BCUT2D eigenvalue weighted by Crippen LogP contribution is 2.26. The number of hydrogen-bond donors (Lipinski definition) is 0. The molecule has 0 aliphatic heterocycles. The quantitative estimate of drug-likeness (QED) is 0.355. The van der Waals surface area contributed by atoms with Gasteiger partial charge in [-0.15, -0.1) is 6.42 Å². The van der Waals surface area contributed by atoms with Gasteiger partial charge >= 0.3 is 0 Å². The van der Waals surface area contributed by atoms with Crippen molar-refractivity contribution in [2.75, 3.05) is 0 Å². The number of halogens is 1. The minimum Gasteiger partial charge on any atom is -0.258 e. The molecule has 3 nitrogen and oxygen atoms in total. The highest BCUT2D eigenvalue weighted by molar-refractivity contribution is 6.30. The van der Waals surface area contributed by atoms with Gasteiger partial charge in [0, 0.05) is 11.6 Å². The smallest absolute Gasteiger partial charge is 0.258 e. The van der Waals surface area contributed by atoms with Crippen molar-refractivity contribution in [3.63, 3.8) is 0 Å². The second-order valence-corrected chi connectivity index (χ2v) is 2.82. The number of rotatable bonds is 1. The van der Waals surface area contributed by atoms with Crippen molar-refractivity contribution in [3.8, 4) is 12.3 Å². The Hall–Kier alpha value is -1.27. The highest BCUT2D eigenvalue weighted by atomic mass is 35.5. The first-order valence-electron chi connectivity index (χ1n) is 3.35. The topological polar surface area (TPSA) is 43.1 Å². The van der Waals surface area contributed by atoms with Crippen LogP contribution in [0.3, 0.4) is 0 Å². The number of nitro groups is 1. The first kappa shape index (κ1) is 8.82. The summed E-state index contributed by atoms with van der Waals surface area (Å²) in [7, 11) is 0. The first-order valence-corrected chi connectivity index (χ1v) is 3.73. The molecule has 0 radical (unpaired) electrons. The van der Waals surface area contributed by atoms with Crippen molar-refractivity contribution in [2.45, 2.75) is 12.8 Å². The molecule has 0 saturated carbocycles. The SMILES string of the molecule is C#CC1=CC([N+](=O)[O-])=C(Cl)CC1. The zero-order valence-electron chi connectivity index (χ0n) is 6.21. The van der Waals surface area contributed by atoms with Crippen LogP contribution < -0.4 is 0 Å². The Labute approximate surface area is 74.9 Å². The van der Waals surface area contributed by atoms with Crippen molar-refractivity contribution in [1.29, 1.82) is 0 Å². The Morgan fingerprint density at radius 1 is 1.67 bits per heavy atom. The summed E-state index contributed by atoms with van der Waals surface area (Å²) in [6.45, 7) is 0. The van der Waals surface area contributed by atoms with E-state index in [9.17, 15) is 10.1 Å². The molecule has 1 aliphatic carbocycles. The maximum atomic E-state index is 10.4. The minimum atomic E-state index is -0.515. The molecule has 0 saturated heterocycles. The fourth-order valence-corrected chi connectivity index (χ4v) is 1.17. The zero-order valence-corrected chi connectivity index (χ0v) is 6.97. The van der Waals surface area contributed by atoms with Gasteiger partial charge in [-0.2, -0.15) is 0 Å². The lowest BCUT2D eigenvalue weighted by Crippen LogP contribution is -2.03. The maximum absolute atomic E-state index is 10.4. The summed E-state index contributed by atoms with van der Waals surface area (Å²) in [6, 6.07) is 0. The average molecular weight is 184 g/mol. The molecule has 0 unspecified atom stereocenters. The Kier molecular flexibility index (Phi) is 2.51. The van der Waals surface area contributed by atoms with Crippen molar-refractivity contribution in [1.82, 2.24) is 0 Å². The fourth-order valence-electron chi connectivity index (χ4n) is 0.954. The van der Waals surface area contributed by atoms with Crippen molar-refractivity contribution >= 4 is 11.6 Å². The van der Waals surface area contributed by atoms with Gasteiger partial charge in [0.15, 0.2) is 0 Å². The van der Waals surface area contributed by atoms with Crippen molar-refractivity contribution in [2.24, 2.45) is 0 Å². The Morgan fingerprint density at radius 3 is 2.83 bits per heavy atom. The van der Waals surface area contributed by atoms with Gasteiger partial charge in [0.25, 0.3) is 5.70 Å². The summed E-state index contributed by atoms with van der Waals surface area (Å²) >= 11 is 5.62. The normalized spacial score (nSPS) is 16.8. The summed E-state index contributed by atoms with van der Waals surface area (Å²) in [5, 5.41) is 10.7. The van der Waals surface area contributed by atoms with Crippen LogP contribution in [0.5, 0.6) is 0 Å². The van der Waals surface area contributed by atoms with Crippen LogP contribution >= 0.6 is 11.6 Å². The standard InChI is InChI=1S/C8H6ClNO2/c1-2-6-3-4-7(9)8(5-6)10(11)12/h1,5H,3-4H2. The molecule has 0 N–H and O–H groups in total. The van der Waals surface area contributed by atoms with Gasteiger partial charge in [-0.25, -0.2) is 0 Å². The van der Waals surface area contributed by atoms with Crippen LogP contribution in [0.2, 0.25) is 0 Å². The summed E-state index contributed by atoms with van der Waals surface area (Å²) in [5.74, 6) is 2.37. The molecule has 12 heavy (non-hydrogen) atoms. The van der Waals surface area contributed by atoms with Gasteiger partial charge in [0.2, 0.25) is 0 Å². The third-order valence-corrected chi connectivity index (χ3v) is 1.97. The number of terminal acetylenes is 1. The van der Waals surface area contributed by atoms with Gasteiger partial charge in [0.05, 0.1) is 9.96 Å². The largest absolute Gasteiger partial charge is 0.284 e. The van der Waals surface area contributed by atoms with Crippen LogP contribution in [0.1, 0.15) is 12.8 Å². The summed E-state index contributed by atoms with van der Waals surface area (Å²) in [4.78, 5) is 9.86. The third kappa shape index (κ3) is 1.66. The molecule has 0 amide bonds. The molecular formula is C8H6ClNO2. The van der Waals surface area contributed by atoms with Crippen LogP contribution in [0.25, 0.3) is 0 Å². The highest BCUT2D eigenvalue weighted by Gasteiger charge is 2.19. The van der Waals surface area contributed by atoms with E-state index in [1.165, 1.54) is 6.08 Å². The van der Waals surface area contributed by atoms with Crippen molar-refractivity contribution in [3.05, 3.63) is 32.5 Å². The van der Waals surface area contributed by atoms with E-state index in [0.29, 0.717) is 18.4 Å². The lowest BCUT2D eigenvalue weighted by Gasteiger charge is -2.06. The number of hydrogen-bond acceptors (Lipinski definition) is 2. The van der Waals surface area contributed by atoms with Gasteiger partial charge in [0.1, 0.15) is 0 Å². The van der Waals surface area contributed by atoms with Crippen LogP contribution in [-0.2, 0) is 0 Å². The van der Waals surface area contributed by atoms with E-state index in [0.717, 1.165) is 0 Å². The fraction of sp³-hybridized carbons (Fsp3) is 0.250. The van der Waals surface area contributed by atoms with E-state index in [1.807, 2.05) is 0 Å². The van der Waals surface area contributed by atoms with E-state index in [-0.39, 0.29) is 10.7 Å². The number of nitrogens with zero attached hydrogens (tertiary/aromatic N) is 1. The molecule has 0 heterocycles. The molecule has 0 bridgehead atoms. The molecule has 62 valence electrons. The lowest BCUT2D eigenvalue weighted by atomic mass is 10.0. The van der Waals surface area contributed by atoms with Crippen LogP contribution in [0, 0.1) is 22.5 Å². The van der Waals surface area contributed by atoms with Gasteiger partial charge in [-0.05, 0) is 12.8 Å².